The molecule has 0 saturated carbocycles. The first-order valence-corrected chi connectivity index (χ1v) is 9.10. The minimum atomic E-state index is 0.195. The van der Waals surface area contributed by atoms with E-state index in [1.807, 2.05) is 18.2 Å². The molecule has 0 unspecified atom stereocenters. The molecule has 0 N–H and O–H groups in total. The summed E-state index contributed by atoms with van der Waals surface area (Å²) in [6.45, 7) is 13.3. The molecule has 0 radical (unpaired) electrons. The number of rotatable bonds is 0. The van der Waals surface area contributed by atoms with Crippen molar-refractivity contribution in [2.75, 3.05) is 0 Å². The normalized spacial score (nSPS) is 12.2. The fourth-order valence-electron chi connectivity index (χ4n) is 2.85. The minimum Gasteiger partial charge on any atom is -0.464 e. The van der Waals surface area contributed by atoms with Gasteiger partial charge in [-0.25, -0.2) is 0 Å². The van der Waals surface area contributed by atoms with Crippen LogP contribution in [0.4, 0.5) is 0 Å². The van der Waals surface area contributed by atoms with Gasteiger partial charge in [0.05, 0.1) is 12.5 Å². The van der Waals surface area contributed by atoms with Crippen LogP contribution in [-0.4, -0.2) is 0 Å². The predicted molar refractivity (Wildman–Crippen MR) is 110 cm³/mol. The van der Waals surface area contributed by atoms with Gasteiger partial charge in [-0.15, -0.1) is 0 Å². The second kappa shape index (κ2) is 6.68. The van der Waals surface area contributed by atoms with Crippen molar-refractivity contribution in [2.24, 2.45) is 0 Å². The predicted octanol–water partition coefficient (Wildman–Crippen LogP) is 7.46. The fraction of sp³-hybridized carbons (Fsp3) is 0.333. The van der Waals surface area contributed by atoms with Crippen LogP contribution in [0.3, 0.4) is 0 Å². The van der Waals surface area contributed by atoms with Crippen LogP contribution in [-0.2, 0) is 10.8 Å². The number of fused-ring (bicyclic) bond motifs is 2. The third-order valence-corrected chi connectivity index (χ3v) is 4.64. The smallest absolute Gasteiger partial charge is 0.134 e. The highest BCUT2D eigenvalue weighted by Gasteiger charge is 2.14. The Labute approximate surface area is 155 Å². The lowest BCUT2D eigenvalue weighted by Gasteiger charge is -2.18. The highest BCUT2D eigenvalue weighted by Crippen LogP contribution is 2.27. The second-order valence-corrected chi connectivity index (χ2v) is 8.85. The van der Waals surface area contributed by atoms with Crippen LogP contribution in [0, 0.1) is 0 Å². The molecule has 2 heteroatoms. The van der Waals surface area contributed by atoms with Gasteiger partial charge in [0.1, 0.15) is 11.2 Å². The summed E-state index contributed by atoms with van der Waals surface area (Å²) < 4.78 is 10.6. The summed E-state index contributed by atoms with van der Waals surface area (Å²) in [5, 5.41) is 2.36. The molecule has 0 atom stereocenters. The van der Waals surface area contributed by atoms with E-state index in [1.54, 1.807) is 12.5 Å². The van der Waals surface area contributed by atoms with Gasteiger partial charge in [0.15, 0.2) is 0 Å². The van der Waals surface area contributed by atoms with Crippen molar-refractivity contribution >= 4 is 21.9 Å². The summed E-state index contributed by atoms with van der Waals surface area (Å²) in [5.41, 5.74) is 5.02. The summed E-state index contributed by atoms with van der Waals surface area (Å²) >= 11 is 0. The molecule has 4 aromatic rings. The lowest BCUT2D eigenvalue weighted by atomic mass is 9.87. The molecule has 0 saturated heterocycles. The summed E-state index contributed by atoms with van der Waals surface area (Å²) in [6.07, 6.45) is 3.47. The molecule has 0 aliphatic carbocycles. The highest BCUT2D eigenvalue weighted by molar-refractivity contribution is 5.78. The second-order valence-electron chi connectivity index (χ2n) is 8.85. The average Bonchev–Trinajstić information content (AvgIpc) is 3.21. The van der Waals surface area contributed by atoms with Gasteiger partial charge < -0.3 is 8.83 Å². The van der Waals surface area contributed by atoms with Crippen molar-refractivity contribution in [1.29, 1.82) is 0 Å². The third kappa shape index (κ3) is 4.01. The molecule has 0 aliphatic rings. The topological polar surface area (TPSA) is 26.3 Å². The molecule has 136 valence electrons. The molecular weight excluding hydrogens is 320 g/mol. The Morgan fingerprint density at radius 2 is 1.08 bits per heavy atom. The summed E-state index contributed by atoms with van der Waals surface area (Å²) in [5.74, 6) is 0. The fourth-order valence-corrected chi connectivity index (χ4v) is 2.85. The van der Waals surface area contributed by atoms with Crippen molar-refractivity contribution in [3.05, 3.63) is 72.2 Å². The van der Waals surface area contributed by atoms with Crippen LogP contribution in [0.25, 0.3) is 21.9 Å². The van der Waals surface area contributed by atoms with E-state index >= 15 is 0 Å². The molecule has 0 spiro atoms. The summed E-state index contributed by atoms with van der Waals surface area (Å²) in [6, 6.07) is 16.7. The molecule has 26 heavy (non-hydrogen) atoms. The van der Waals surface area contributed by atoms with E-state index in [4.69, 9.17) is 8.83 Å². The van der Waals surface area contributed by atoms with Crippen LogP contribution in [0.1, 0.15) is 52.7 Å². The van der Waals surface area contributed by atoms with E-state index in [2.05, 4.69) is 71.9 Å². The van der Waals surface area contributed by atoms with Crippen LogP contribution < -0.4 is 0 Å². The maximum absolute atomic E-state index is 5.35. The van der Waals surface area contributed by atoms with Gasteiger partial charge in [0.25, 0.3) is 0 Å². The zero-order valence-electron chi connectivity index (χ0n) is 16.6. The van der Waals surface area contributed by atoms with Crippen molar-refractivity contribution < 1.29 is 8.83 Å². The maximum Gasteiger partial charge on any atom is 0.134 e. The molecule has 4 rings (SSSR count). The Kier molecular flexibility index (Phi) is 4.70. The van der Waals surface area contributed by atoms with Crippen molar-refractivity contribution in [3.63, 3.8) is 0 Å². The van der Waals surface area contributed by atoms with Gasteiger partial charge in [0, 0.05) is 10.8 Å². The zero-order valence-corrected chi connectivity index (χ0v) is 16.6. The SMILES string of the molecule is CC(C)(C)c1ccc2ccoc2c1.CC(C)(C)c1ccc2occc2c1. The van der Waals surface area contributed by atoms with Crippen molar-refractivity contribution in [2.45, 2.75) is 52.4 Å². The van der Waals surface area contributed by atoms with Gasteiger partial charge >= 0.3 is 0 Å². The lowest BCUT2D eigenvalue weighted by molar-refractivity contribution is 0.583. The van der Waals surface area contributed by atoms with Gasteiger partial charge in [-0.2, -0.15) is 0 Å². The van der Waals surface area contributed by atoms with Gasteiger partial charge in [0.2, 0.25) is 0 Å². The Morgan fingerprint density at radius 3 is 1.73 bits per heavy atom. The van der Waals surface area contributed by atoms with E-state index in [9.17, 15) is 0 Å². The Hall–Kier alpha value is -2.48. The average molecular weight is 348 g/mol. The molecular formula is C24H28O2. The molecule has 0 fully saturated rings. The number of benzene rings is 2. The van der Waals surface area contributed by atoms with E-state index in [-0.39, 0.29) is 10.8 Å². The molecule has 2 aromatic carbocycles. The first-order chi connectivity index (χ1) is 12.1. The number of hydrogen-bond acceptors (Lipinski definition) is 2. The standard InChI is InChI=1S/2C12H14O/c1-12(2,3)10-4-5-11-9(8-10)6-7-13-11;1-12(2,3)10-5-4-9-6-7-13-11(9)8-10/h2*4-8H,1-3H3. The monoisotopic (exact) mass is 348 g/mol. The Balaban J connectivity index is 0.000000151. The first kappa shape index (κ1) is 18.3. The van der Waals surface area contributed by atoms with Gasteiger partial charge in [-0.3, -0.25) is 0 Å². The summed E-state index contributed by atoms with van der Waals surface area (Å²) in [7, 11) is 0. The minimum absolute atomic E-state index is 0.195. The zero-order chi connectivity index (χ0) is 18.9. The van der Waals surface area contributed by atoms with Gasteiger partial charge in [-0.1, -0.05) is 59.7 Å². The quantitative estimate of drug-likeness (QED) is 0.329. The molecule has 2 nitrogen and oxygen atoms in total. The van der Waals surface area contributed by atoms with E-state index in [1.165, 1.54) is 21.9 Å². The first-order valence-electron chi connectivity index (χ1n) is 9.10. The third-order valence-electron chi connectivity index (χ3n) is 4.64. The lowest BCUT2D eigenvalue weighted by Crippen LogP contribution is -2.10. The van der Waals surface area contributed by atoms with Crippen LogP contribution in [0.5, 0.6) is 0 Å². The maximum atomic E-state index is 5.35. The summed E-state index contributed by atoms with van der Waals surface area (Å²) in [4.78, 5) is 0. The number of hydrogen-bond donors (Lipinski definition) is 0. The molecule has 0 amide bonds. The van der Waals surface area contributed by atoms with Crippen LogP contribution in [0.15, 0.2) is 69.9 Å². The highest BCUT2D eigenvalue weighted by atomic mass is 16.3. The van der Waals surface area contributed by atoms with Crippen LogP contribution in [0.2, 0.25) is 0 Å². The van der Waals surface area contributed by atoms with E-state index < -0.39 is 0 Å². The molecule has 2 heterocycles. The largest absolute Gasteiger partial charge is 0.464 e. The van der Waals surface area contributed by atoms with Gasteiger partial charge in [-0.05, 0) is 52.3 Å². The van der Waals surface area contributed by atoms with E-state index in [0.717, 1.165) is 11.2 Å². The molecule has 2 aromatic heterocycles. The Morgan fingerprint density at radius 1 is 0.538 bits per heavy atom. The van der Waals surface area contributed by atoms with Crippen LogP contribution >= 0.6 is 0 Å². The van der Waals surface area contributed by atoms with E-state index in [0.29, 0.717) is 0 Å². The number of furan rings is 2. The molecule has 0 bridgehead atoms. The van der Waals surface area contributed by atoms with Crippen molar-refractivity contribution in [3.8, 4) is 0 Å². The molecule has 0 aliphatic heterocycles. The van der Waals surface area contributed by atoms with Crippen molar-refractivity contribution in [1.82, 2.24) is 0 Å². The Bertz CT molecular complexity index is 920.